The number of fused-ring (bicyclic) bond motifs is 1. The first-order chi connectivity index (χ1) is 17.2. The van der Waals surface area contributed by atoms with Gasteiger partial charge in [-0.1, -0.05) is 17.7 Å². The molecule has 3 N–H and O–H groups in total. The third-order valence-corrected chi connectivity index (χ3v) is 7.43. The van der Waals surface area contributed by atoms with Gasteiger partial charge in [-0.05, 0) is 63.8 Å². The Labute approximate surface area is 214 Å². The van der Waals surface area contributed by atoms with Gasteiger partial charge in [-0.25, -0.2) is 4.39 Å². The Kier molecular flexibility index (Phi) is 6.74. The van der Waals surface area contributed by atoms with E-state index in [1.54, 1.807) is 13.0 Å². The molecule has 0 spiro atoms. The number of nitrogens with zero attached hydrogens (tertiary/aromatic N) is 2. The van der Waals surface area contributed by atoms with Crippen molar-refractivity contribution in [2.24, 2.45) is 0 Å². The van der Waals surface area contributed by atoms with E-state index in [0.29, 0.717) is 29.8 Å². The number of carbonyl (C=O) groups is 1. The number of carbonyl (C=O) groups excluding carboxylic acids is 1. The molecule has 1 saturated carbocycles. The highest BCUT2D eigenvalue weighted by molar-refractivity contribution is 6.30. The summed E-state index contributed by atoms with van der Waals surface area (Å²) in [6, 6.07) is 6.17. The van der Waals surface area contributed by atoms with Crippen LogP contribution in [-0.2, 0) is 0 Å². The van der Waals surface area contributed by atoms with Crippen molar-refractivity contribution < 1.29 is 9.18 Å². The molecular formula is C27H31ClFN5O2. The number of hydrogen-bond donors (Lipinski definition) is 3. The Morgan fingerprint density at radius 3 is 2.75 bits per heavy atom. The third kappa shape index (κ3) is 4.84. The lowest BCUT2D eigenvalue weighted by Gasteiger charge is -2.27. The SMILES string of the molecule is Cc1cc2c(N3CCN[C@@H](C)CC3)c(C(=O)N[C@@H](C)c3ccc(F)c(Cl)c3)c(=O)[nH]c2c(C2CC2)n1. The van der Waals surface area contributed by atoms with Crippen molar-refractivity contribution in [2.75, 3.05) is 24.5 Å². The van der Waals surface area contributed by atoms with Crippen LogP contribution in [-0.4, -0.2) is 41.6 Å². The first-order valence-corrected chi connectivity index (χ1v) is 12.9. The van der Waals surface area contributed by atoms with E-state index in [9.17, 15) is 14.0 Å². The van der Waals surface area contributed by atoms with E-state index in [0.717, 1.165) is 54.6 Å². The van der Waals surface area contributed by atoms with Gasteiger partial charge in [-0.2, -0.15) is 0 Å². The van der Waals surface area contributed by atoms with Crippen molar-refractivity contribution >= 4 is 34.1 Å². The predicted molar refractivity (Wildman–Crippen MR) is 141 cm³/mol. The van der Waals surface area contributed by atoms with Gasteiger partial charge in [-0.15, -0.1) is 0 Å². The second-order valence-corrected chi connectivity index (χ2v) is 10.4. The summed E-state index contributed by atoms with van der Waals surface area (Å²) in [4.78, 5) is 37.1. The van der Waals surface area contributed by atoms with Gasteiger partial charge in [0.25, 0.3) is 11.5 Å². The largest absolute Gasteiger partial charge is 0.369 e. The van der Waals surface area contributed by atoms with Crippen LogP contribution in [0.5, 0.6) is 0 Å². The fraction of sp³-hybridized carbons (Fsp3) is 0.444. The number of halogens is 2. The number of hydrogen-bond acceptors (Lipinski definition) is 5. The average Bonchev–Trinajstić information content (AvgIpc) is 3.68. The molecule has 1 saturated heterocycles. The van der Waals surface area contributed by atoms with Crippen LogP contribution in [0.2, 0.25) is 5.02 Å². The van der Waals surface area contributed by atoms with Gasteiger partial charge in [0.2, 0.25) is 0 Å². The quantitative estimate of drug-likeness (QED) is 0.466. The summed E-state index contributed by atoms with van der Waals surface area (Å²) >= 11 is 5.96. The number of nitrogens with one attached hydrogen (secondary N) is 3. The molecule has 2 fully saturated rings. The van der Waals surface area contributed by atoms with Crippen molar-refractivity contribution in [3.8, 4) is 0 Å². The molecule has 36 heavy (non-hydrogen) atoms. The molecule has 0 bridgehead atoms. The van der Waals surface area contributed by atoms with Gasteiger partial charge >= 0.3 is 0 Å². The van der Waals surface area contributed by atoms with E-state index in [1.807, 2.05) is 13.0 Å². The van der Waals surface area contributed by atoms with E-state index in [-0.39, 0.29) is 10.6 Å². The Hall–Kier alpha value is -2.97. The summed E-state index contributed by atoms with van der Waals surface area (Å²) < 4.78 is 13.7. The van der Waals surface area contributed by atoms with Crippen LogP contribution in [0.25, 0.3) is 10.9 Å². The standard InChI is InChI=1S/C27H31ClFN5O2/c1-14-8-10-34(11-9-30-14)25-19-12-15(2)31-23(17-4-5-17)24(19)33-27(36)22(25)26(35)32-16(3)18-6-7-21(29)20(28)13-18/h6-7,12-14,16-17,30H,4-5,8-11H2,1-3H3,(H,32,35)(H,33,36)/t14-,16-/m0/s1. The fourth-order valence-corrected chi connectivity index (χ4v) is 5.18. The Morgan fingerprint density at radius 1 is 1.25 bits per heavy atom. The molecule has 2 aromatic heterocycles. The molecule has 190 valence electrons. The van der Waals surface area contributed by atoms with E-state index >= 15 is 0 Å². The van der Waals surface area contributed by atoms with Gasteiger partial charge in [0.05, 0.1) is 28.0 Å². The van der Waals surface area contributed by atoms with Gasteiger partial charge in [0.1, 0.15) is 11.4 Å². The van der Waals surface area contributed by atoms with Crippen LogP contribution in [0, 0.1) is 12.7 Å². The number of anilines is 1. The van der Waals surface area contributed by atoms with Gasteiger partial charge < -0.3 is 20.5 Å². The Morgan fingerprint density at radius 2 is 2.03 bits per heavy atom. The van der Waals surface area contributed by atoms with Crippen molar-refractivity contribution in [1.82, 2.24) is 20.6 Å². The molecule has 7 nitrogen and oxygen atoms in total. The monoisotopic (exact) mass is 511 g/mol. The second-order valence-electron chi connectivity index (χ2n) is 10.0. The average molecular weight is 512 g/mol. The number of aryl methyl sites for hydroxylation is 1. The van der Waals surface area contributed by atoms with Gasteiger partial charge in [0.15, 0.2) is 0 Å². The molecule has 0 radical (unpaired) electrons. The number of pyridine rings is 2. The highest BCUT2D eigenvalue weighted by atomic mass is 35.5. The molecule has 5 rings (SSSR count). The molecule has 0 unspecified atom stereocenters. The van der Waals surface area contributed by atoms with Crippen LogP contribution in [0.1, 0.15) is 72.4 Å². The smallest absolute Gasteiger partial charge is 0.263 e. The second kappa shape index (κ2) is 9.82. The molecule has 2 aliphatic rings. The predicted octanol–water partition coefficient (Wildman–Crippen LogP) is 4.58. The van der Waals surface area contributed by atoms with E-state index < -0.39 is 23.3 Å². The topological polar surface area (TPSA) is 90.1 Å². The Balaban J connectivity index is 1.62. The first-order valence-electron chi connectivity index (χ1n) is 12.5. The molecule has 3 heterocycles. The lowest BCUT2D eigenvalue weighted by atomic mass is 10.0. The summed E-state index contributed by atoms with van der Waals surface area (Å²) in [5.41, 5.74) is 3.45. The normalized spacial score (nSPS) is 19.2. The number of benzene rings is 1. The number of aromatic nitrogens is 2. The minimum absolute atomic E-state index is 0.0143. The van der Waals surface area contributed by atoms with Gasteiger partial charge in [0, 0.05) is 42.7 Å². The van der Waals surface area contributed by atoms with Crippen LogP contribution in [0.15, 0.2) is 29.1 Å². The highest BCUT2D eigenvalue weighted by Crippen LogP contribution is 2.43. The highest BCUT2D eigenvalue weighted by Gasteiger charge is 2.32. The lowest BCUT2D eigenvalue weighted by Crippen LogP contribution is -2.37. The number of amides is 1. The molecule has 1 aliphatic carbocycles. The molecule has 1 aliphatic heterocycles. The molecule has 2 atom stereocenters. The van der Waals surface area contributed by atoms with Gasteiger partial charge in [-0.3, -0.25) is 14.6 Å². The summed E-state index contributed by atoms with van der Waals surface area (Å²) in [7, 11) is 0. The van der Waals surface area contributed by atoms with E-state index in [1.165, 1.54) is 12.1 Å². The molecule has 3 aromatic rings. The fourth-order valence-electron chi connectivity index (χ4n) is 4.99. The van der Waals surface area contributed by atoms with Crippen LogP contribution < -0.4 is 21.1 Å². The molecule has 1 amide bonds. The summed E-state index contributed by atoms with van der Waals surface area (Å²) in [6.07, 6.45) is 2.99. The van der Waals surface area contributed by atoms with E-state index in [2.05, 4.69) is 27.4 Å². The van der Waals surface area contributed by atoms with Crippen molar-refractivity contribution in [2.45, 2.75) is 58.0 Å². The van der Waals surface area contributed by atoms with Crippen molar-refractivity contribution in [1.29, 1.82) is 0 Å². The Bertz CT molecular complexity index is 1390. The molecule has 9 heteroatoms. The minimum atomic E-state index is -0.522. The zero-order valence-corrected chi connectivity index (χ0v) is 21.5. The number of H-pyrrole nitrogens is 1. The number of aromatic amines is 1. The summed E-state index contributed by atoms with van der Waals surface area (Å²) in [5, 5.41) is 7.26. The molecule has 1 aromatic carbocycles. The summed E-state index contributed by atoms with van der Waals surface area (Å²) in [5.74, 6) is -0.662. The van der Waals surface area contributed by atoms with Crippen LogP contribution >= 0.6 is 11.6 Å². The zero-order chi connectivity index (χ0) is 25.6. The summed E-state index contributed by atoms with van der Waals surface area (Å²) in [6.45, 7) is 8.02. The van der Waals surface area contributed by atoms with Crippen molar-refractivity contribution in [3.63, 3.8) is 0 Å². The van der Waals surface area contributed by atoms with Crippen LogP contribution in [0.4, 0.5) is 10.1 Å². The zero-order valence-electron chi connectivity index (χ0n) is 20.8. The third-order valence-electron chi connectivity index (χ3n) is 7.14. The van der Waals surface area contributed by atoms with Crippen molar-refractivity contribution in [3.05, 3.63) is 68.0 Å². The lowest BCUT2D eigenvalue weighted by molar-refractivity contribution is 0.0939. The maximum Gasteiger partial charge on any atom is 0.263 e. The first kappa shape index (κ1) is 24.7. The van der Waals surface area contributed by atoms with Crippen LogP contribution in [0.3, 0.4) is 0 Å². The maximum atomic E-state index is 13.7. The minimum Gasteiger partial charge on any atom is -0.369 e. The maximum absolute atomic E-state index is 13.7. The molecular weight excluding hydrogens is 481 g/mol. The van der Waals surface area contributed by atoms with E-state index in [4.69, 9.17) is 16.6 Å². The number of rotatable bonds is 5.